The van der Waals surface area contributed by atoms with Gasteiger partial charge in [-0.3, -0.25) is 4.98 Å². The average molecular weight is 424 g/mol. The summed E-state index contributed by atoms with van der Waals surface area (Å²) in [6.45, 7) is 1.86. The van der Waals surface area contributed by atoms with Crippen LogP contribution < -0.4 is 14.2 Å². The molecule has 0 saturated heterocycles. The molecule has 0 saturated carbocycles. The quantitative estimate of drug-likeness (QED) is 0.438. The number of H-pyrrole nitrogens is 1. The highest BCUT2D eigenvalue weighted by molar-refractivity contribution is 5.93. The van der Waals surface area contributed by atoms with Gasteiger partial charge in [-0.25, -0.2) is 4.39 Å². The lowest BCUT2D eigenvalue weighted by atomic mass is 10.0. The number of aromatic amines is 1. The predicted molar refractivity (Wildman–Crippen MR) is 113 cm³/mol. The molecule has 0 fully saturated rings. The van der Waals surface area contributed by atoms with E-state index in [0.29, 0.717) is 46.7 Å². The Labute approximate surface area is 177 Å². The van der Waals surface area contributed by atoms with Gasteiger partial charge in [0.1, 0.15) is 18.5 Å². The van der Waals surface area contributed by atoms with Crippen molar-refractivity contribution >= 4 is 21.8 Å². The van der Waals surface area contributed by atoms with Crippen LogP contribution in [0.5, 0.6) is 23.0 Å². The molecule has 2 aromatic carbocycles. The molecule has 0 bridgehead atoms. The van der Waals surface area contributed by atoms with Gasteiger partial charge >= 0.3 is 0 Å². The number of ether oxygens (including phenoxy) is 3. The Balaban J connectivity index is 1.58. The Bertz CT molecular complexity index is 1290. The molecule has 7 nitrogen and oxygen atoms in total. The van der Waals surface area contributed by atoms with Crippen LogP contribution in [-0.2, 0) is 6.42 Å². The topological polar surface area (TPSA) is 96.8 Å². The number of fused-ring (bicyclic) bond motifs is 4. The summed E-state index contributed by atoms with van der Waals surface area (Å²) < 4.78 is 32.5. The number of pyridine rings is 1. The van der Waals surface area contributed by atoms with E-state index in [2.05, 4.69) is 9.97 Å². The molecule has 8 heteroatoms. The molecule has 0 unspecified atom stereocenters. The highest BCUT2D eigenvalue weighted by Crippen LogP contribution is 2.45. The fraction of sp³-hybridized carbons (Fsp3) is 0.261. The number of aliphatic hydroxyl groups is 2. The third-order valence-corrected chi connectivity index (χ3v) is 5.31. The highest BCUT2D eigenvalue weighted by Gasteiger charge is 2.25. The number of aryl methyl sites for hydroxylation is 1. The molecule has 1 aliphatic heterocycles. The minimum Gasteiger partial charge on any atom is -0.489 e. The third kappa shape index (κ3) is 3.43. The molecule has 160 valence electrons. The maximum Gasteiger partial charge on any atom is 0.175 e. The van der Waals surface area contributed by atoms with Gasteiger partial charge in [-0.15, -0.1) is 0 Å². The van der Waals surface area contributed by atoms with Crippen LogP contribution in [0.15, 0.2) is 36.5 Å². The van der Waals surface area contributed by atoms with Gasteiger partial charge in [-0.1, -0.05) is 0 Å². The maximum absolute atomic E-state index is 15.1. The lowest BCUT2D eigenvalue weighted by molar-refractivity contribution is 0.0527. The molecule has 0 amide bonds. The monoisotopic (exact) mass is 424 g/mol. The summed E-state index contributed by atoms with van der Waals surface area (Å²) in [6.07, 6.45) is 1.21. The first-order chi connectivity index (χ1) is 15.0. The fourth-order valence-corrected chi connectivity index (χ4v) is 3.89. The van der Waals surface area contributed by atoms with Crippen LogP contribution in [0.2, 0.25) is 0 Å². The first-order valence-corrected chi connectivity index (χ1v) is 10.00. The van der Waals surface area contributed by atoms with Crippen molar-refractivity contribution in [2.75, 3.05) is 19.8 Å². The number of halogens is 1. The number of nitrogens with one attached hydrogen (secondary N) is 1. The molecule has 2 aromatic heterocycles. The number of hydrogen-bond donors (Lipinski definition) is 3. The zero-order chi connectivity index (χ0) is 21.5. The summed E-state index contributed by atoms with van der Waals surface area (Å²) in [6, 6.07) is 8.53. The molecule has 4 aromatic rings. The summed E-state index contributed by atoms with van der Waals surface area (Å²) >= 11 is 0. The number of nitrogens with zero attached hydrogens (tertiary/aromatic N) is 1. The maximum atomic E-state index is 15.1. The van der Waals surface area contributed by atoms with E-state index in [1.165, 1.54) is 0 Å². The molecule has 0 spiro atoms. The highest BCUT2D eigenvalue weighted by atomic mass is 19.1. The number of aliphatic hydroxyl groups excluding tert-OH is 2. The van der Waals surface area contributed by atoms with Gasteiger partial charge in [0.05, 0.1) is 24.1 Å². The van der Waals surface area contributed by atoms with Crippen molar-refractivity contribution in [2.45, 2.75) is 19.4 Å². The van der Waals surface area contributed by atoms with Crippen molar-refractivity contribution in [2.24, 2.45) is 0 Å². The van der Waals surface area contributed by atoms with Crippen molar-refractivity contribution < 1.29 is 28.8 Å². The minimum absolute atomic E-state index is 0.0741. The van der Waals surface area contributed by atoms with E-state index in [1.54, 1.807) is 36.5 Å². The summed E-state index contributed by atoms with van der Waals surface area (Å²) in [5.74, 6) is 1.15. The van der Waals surface area contributed by atoms with Gasteiger partial charge in [0.2, 0.25) is 0 Å². The Kier molecular flexibility index (Phi) is 4.88. The lowest BCUT2D eigenvalue weighted by Crippen LogP contribution is -2.21. The third-order valence-electron chi connectivity index (χ3n) is 5.31. The van der Waals surface area contributed by atoms with Crippen molar-refractivity contribution in [3.63, 3.8) is 0 Å². The molecular formula is C23H21FN2O5. The normalized spacial score (nSPS) is 13.9. The summed E-state index contributed by atoms with van der Waals surface area (Å²) in [7, 11) is 0. The van der Waals surface area contributed by atoms with Crippen LogP contribution >= 0.6 is 0 Å². The van der Waals surface area contributed by atoms with Crippen LogP contribution in [0.4, 0.5) is 4.39 Å². The lowest BCUT2D eigenvalue weighted by Gasteiger charge is -2.16. The summed E-state index contributed by atoms with van der Waals surface area (Å²) in [5.41, 5.74) is 3.04. The Hall–Kier alpha value is -3.36. The van der Waals surface area contributed by atoms with Crippen molar-refractivity contribution in [1.29, 1.82) is 0 Å². The van der Waals surface area contributed by atoms with Crippen LogP contribution in [0.1, 0.15) is 11.3 Å². The van der Waals surface area contributed by atoms with E-state index in [4.69, 9.17) is 19.3 Å². The smallest absolute Gasteiger partial charge is 0.175 e. The zero-order valence-electron chi connectivity index (χ0n) is 16.8. The van der Waals surface area contributed by atoms with E-state index in [0.717, 1.165) is 16.6 Å². The second-order valence-electron chi connectivity index (χ2n) is 7.52. The van der Waals surface area contributed by atoms with Crippen molar-refractivity contribution in [1.82, 2.24) is 9.97 Å². The van der Waals surface area contributed by atoms with E-state index in [9.17, 15) is 5.11 Å². The molecule has 5 rings (SSSR count). The molecule has 31 heavy (non-hydrogen) atoms. The van der Waals surface area contributed by atoms with E-state index in [-0.39, 0.29) is 12.4 Å². The first kappa shape index (κ1) is 19.6. The van der Waals surface area contributed by atoms with Gasteiger partial charge in [0, 0.05) is 40.8 Å². The molecule has 1 atom stereocenters. The second kappa shape index (κ2) is 7.72. The molecule has 0 radical (unpaired) electrons. The summed E-state index contributed by atoms with van der Waals surface area (Å²) in [4.78, 5) is 7.53. The van der Waals surface area contributed by atoms with Crippen LogP contribution in [0.25, 0.3) is 21.8 Å². The molecular weight excluding hydrogens is 403 g/mol. The van der Waals surface area contributed by atoms with E-state index in [1.807, 2.05) is 6.92 Å². The van der Waals surface area contributed by atoms with Crippen LogP contribution in [-0.4, -0.2) is 46.1 Å². The van der Waals surface area contributed by atoms with Gasteiger partial charge in [-0.2, -0.15) is 0 Å². The van der Waals surface area contributed by atoms with Crippen LogP contribution in [0, 0.1) is 12.7 Å². The fourth-order valence-electron chi connectivity index (χ4n) is 3.89. The van der Waals surface area contributed by atoms with Crippen LogP contribution in [0.3, 0.4) is 0 Å². The Morgan fingerprint density at radius 1 is 1.23 bits per heavy atom. The molecule has 3 N–H and O–H groups in total. The number of aromatic nitrogens is 2. The second-order valence-corrected chi connectivity index (χ2v) is 7.52. The average Bonchev–Trinajstić information content (AvgIpc) is 3.40. The Morgan fingerprint density at radius 2 is 2.10 bits per heavy atom. The predicted octanol–water partition coefficient (Wildman–Crippen LogP) is 3.62. The standard InChI is InChI=1S/C23H21FN2O5/c1-12-8-15-16(26-12)2-3-19(22(15)24)31-18-4-6-25-17-9-20(30-11-13(28)10-27)23-14(21(17)18)5-7-29-23/h2-4,6,8-9,13,26-28H,5,7,10-11H2,1H3/t13-/m0/s1. The van der Waals surface area contributed by atoms with E-state index < -0.39 is 18.5 Å². The minimum atomic E-state index is -0.995. The zero-order valence-corrected chi connectivity index (χ0v) is 16.8. The van der Waals surface area contributed by atoms with Crippen molar-refractivity contribution in [3.05, 3.63) is 53.6 Å². The van der Waals surface area contributed by atoms with Crippen molar-refractivity contribution in [3.8, 4) is 23.0 Å². The number of rotatable bonds is 6. The van der Waals surface area contributed by atoms with E-state index >= 15 is 4.39 Å². The number of benzene rings is 2. The van der Waals surface area contributed by atoms with Gasteiger partial charge in [0.25, 0.3) is 0 Å². The number of hydrogen-bond acceptors (Lipinski definition) is 6. The summed E-state index contributed by atoms with van der Waals surface area (Å²) in [5, 5.41) is 19.8. The van der Waals surface area contributed by atoms with Gasteiger partial charge in [0.15, 0.2) is 23.1 Å². The Morgan fingerprint density at radius 3 is 2.94 bits per heavy atom. The largest absolute Gasteiger partial charge is 0.489 e. The SMILES string of the molecule is Cc1cc2c(F)c(Oc3ccnc4cc(OC[C@@H](O)CO)c5c(c34)CCO5)ccc2[nH]1. The van der Waals surface area contributed by atoms with Gasteiger partial charge in [-0.05, 0) is 31.2 Å². The molecule has 0 aliphatic carbocycles. The molecule has 1 aliphatic rings. The first-order valence-electron chi connectivity index (χ1n) is 10.00. The van der Waals surface area contributed by atoms with Gasteiger partial charge < -0.3 is 29.4 Å². The molecule has 3 heterocycles.